The van der Waals surface area contributed by atoms with Crippen molar-refractivity contribution in [1.82, 2.24) is 5.32 Å². The molecule has 0 saturated carbocycles. The van der Waals surface area contributed by atoms with E-state index in [0.29, 0.717) is 11.3 Å². The summed E-state index contributed by atoms with van der Waals surface area (Å²) in [5, 5.41) is 3.54. The minimum atomic E-state index is 0.438. The van der Waals surface area contributed by atoms with Crippen LogP contribution in [-0.2, 0) is 0 Å². The Morgan fingerprint density at radius 1 is 1.20 bits per heavy atom. The second kappa shape index (κ2) is 3.97. The van der Waals surface area contributed by atoms with Crippen LogP contribution in [0.2, 0.25) is 0 Å². The van der Waals surface area contributed by atoms with Crippen molar-refractivity contribution in [2.45, 2.75) is 33.1 Å². The van der Waals surface area contributed by atoms with Crippen LogP contribution in [0.3, 0.4) is 0 Å². The Bertz CT molecular complexity index is 324. The number of rotatable bonds is 1. The predicted molar refractivity (Wildman–Crippen MR) is 65.2 cm³/mol. The summed E-state index contributed by atoms with van der Waals surface area (Å²) in [6.45, 7) is 9.12. The summed E-state index contributed by atoms with van der Waals surface area (Å²) >= 11 is 0. The Hall–Kier alpha value is -0.820. The van der Waals surface area contributed by atoms with Crippen molar-refractivity contribution in [1.29, 1.82) is 0 Å². The maximum Gasteiger partial charge on any atom is 0.00205 e. The fourth-order valence-corrected chi connectivity index (χ4v) is 2.47. The van der Waals surface area contributed by atoms with Gasteiger partial charge in [0.15, 0.2) is 0 Å². The fraction of sp³-hybridized carbons (Fsp3) is 0.571. The molecular formula is C14H21N. The van der Waals surface area contributed by atoms with Gasteiger partial charge >= 0.3 is 0 Å². The van der Waals surface area contributed by atoms with Gasteiger partial charge in [-0.3, -0.25) is 0 Å². The molecule has 1 atom stereocenters. The van der Waals surface area contributed by atoms with Crippen LogP contribution in [0, 0.1) is 12.3 Å². The third-order valence-electron chi connectivity index (χ3n) is 3.34. The van der Waals surface area contributed by atoms with Crippen LogP contribution in [0.4, 0.5) is 0 Å². The average Bonchev–Trinajstić information content (AvgIpc) is 2.17. The van der Waals surface area contributed by atoms with Gasteiger partial charge in [-0.25, -0.2) is 0 Å². The standard InChI is InChI=1S/C14H21N/c1-11-4-6-12(7-5-11)13-8-14(2,3)10-15-9-13/h4-7,13,15H,8-10H2,1-3H3. The summed E-state index contributed by atoms with van der Waals surface area (Å²) in [6.07, 6.45) is 1.29. The van der Waals surface area contributed by atoms with Crippen LogP contribution in [0.15, 0.2) is 24.3 Å². The molecule has 15 heavy (non-hydrogen) atoms. The number of hydrogen-bond donors (Lipinski definition) is 1. The van der Waals surface area contributed by atoms with Gasteiger partial charge in [0.1, 0.15) is 0 Å². The van der Waals surface area contributed by atoms with E-state index in [1.165, 1.54) is 17.5 Å². The van der Waals surface area contributed by atoms with E-state index >= 15 is 0 Å². The van der Waals surface area contributed by atoms with Gasteiger partial charge in [-0.05, 0) is 30.2 Å². The molecule has 0 radical (unpaired) electrons. The van der Waals surface area contributed by atoms with Crippen molar-refractivity contribution in [2.24, 2.45) is 5.41 Å². The molecule has 1 heterocycles. The quantitative estimate of drug-likeness (QED) is 0.739. The second-order valence-electron chi connectivity index (χ2n) is 5.61. The Morgan fingerprint density at radius 3 is 2.47 bits per heavy atom. The molecule has 0 bridgehead atoms. The van der Waals surface area contributed by atoms with E-state index in [1.54, 1.807) is 0 Å². The number of nitrogens with one attached hydrogen (secondary N) is 1. The van der Waals surface area contributed by atoms with Gasteiger partial charge in [0, 0.05) is 13.1 Å². The lowest BCUT2D eigenvalue weighted by Gasteiger charge is -2.36. The van der Waals surface area contributed by atoms with Gasteiger partial charge in [0.05, 0.1) is 0 Å². The second-order valence-corrected chi connectivity index (χ2v) is 5.61. The van der Waals surface area contributed by atoms with Gasteiger partial charge in [-0.1, -0.05) is 43.7 Å². The van der Waals surface area contributed by atoms with Crippen LogP contribution < -0.4 is 5.32 Å². The van der Waals surface area contributed by atoms with Crippen LogP contribution >= 0.6 is 0 Å². The third-order valence-corrected chi connectivity index (χ3v) is 3.34. The summed E-state index contributed by atoms with van der Waals surface area (Å²) < 4.78 is 0. The molecule has 0 spiro atoms. The smallest absolute Gasteiger partial charge is 0.00205 e. The molecule has 1 aromatic rings. The van der Waals surface area contributed by atoms with Crippen molar-refractivity contribution in [3.63, 3.8) is 0 Å². The van der Waals surface area contributed by atoms with Crippen molar-refractivity contribution >= 4 is 0 Å². The molecule has 0 aromatic heterocycles. The highest BCUT2D eigenvalue weighted by Crippen LogP contribution is 2.33. The van der Waals surface area contributed by atoms with Gasteiger partial charge in [0.2, 0.25) is 0 Å². The topological polar surface area (TPSA) is 12.0 Å². The molecule has 82 valence electrons. The van der Waals surface area contributed by atoms with Crippen LogP contribution in [0.1, 0.15) is 37.3 Å². The largest absolute Gasteiger partial charge is 0.316 e. The third kappa shape index (κ3) is 2.60. The van der Waals surface area contributed by atoms with Gasteiger partial charge in [0.25, 0.3) is 0 Å². The van der Waals surface area contributed by atoms with Gasteiger partial charge in [-0.15, -0.1) is 0 Å². The SMILES string of the molecule is Cc1ccc(C2CNCC(C)(C)C2)cc1. The molecule has 1 aliphatic heterocycles. The van der Waals surface area contributed by atoms with Crippen molar-refractivity contribution in [2.75, 3.05) is 13.1 Å². The predicted octanol–water partition coefficient (Wildman–Crippen LogP) is 3.10. The van der Waals surface area contributed by atoms with Crippen molar-refractivity contribution < 1.29 is 0 Å². The number of aryl methyl sites for hydroxylation is 1. The summed E-state index contributed by atoms with van der Waals surface area (Å²) in [7, 11) is 0. The van der Waals surface area contributed by atoms with Crippen molar-refractivity contribution in [3.8, 4) is 0 Å². The molecule has 1 fully saturated rings. The molecule has 0 aliphatic carbocycles. The minimum Gasteiger partial charge on any atom is -0.316 e. The Balaban J connectivity index is 2.13. The lowest BCUT2D eigenvalue weighted by atomic mass is 9.77. The zero-order valence-corrected chi connectivity index (χ0v) is 10.0. The average molecular weight is 203 g/mol. The van der Waals surface area contributed by atoms with E-state index in [-0.39, 0.29) is 0 Å². The highest BCUT2D eigenvalue weighted by atomic mass is 14.9. The molecule has 0 amide bonds. The monoisotopic (exact) mass is 203 g/mol. The Labute approximate surface area is 92.9 Å². The van der Waals surface area contributed by atoms with Gasteiger partial charge < -0.3 is 5.32 Å². The van der Waals surface area contributed by atoms with E-state index < -0.39 is 0 Å². The first-order chi connectivity index (χ1) is 7.07. The summed E-state index contributed by atoms with van der Waals surface area (Å²) in [6, 6.07) is 9.00. The molecule has 1 heteroatoms. The van der Waals surface area contributed by atoms with Gasteiger partial charge in [-0.2, -0.15) is 0 Å². The van der Waals surface area contributed by atoms with Crippen LogP contribution in [0.25, 0.3) is 0 Å². The highest BCUT2D eigenvalue weighted by molar-refractivity contribution is 5.25. The van der Waals surface area contributed by atoms with Crippen molar-refractivity contribution in [3.05, 3.63) is 35.4 Å². The molecule has 1 saturated heterocycles. The van der Waals surface area contributed by atoms with E-state index in [1.807, 2.05) is 0 Å². The zero-order chi connectivity index (χ0) is 10.9. The number of piperidine rings is 1. The molecule has 1 unspecified atom stereocenters. The Kier molecular flexibility index (Phi) is 2.83. The minimum absolute atomic E-state index is 0.438. The van der Waals surface area contributed by atoms with Crippen LogP contribution in [0.5, 0.6) is 0 Å². The van der Waals surface area contributed by atoms with E-state index in [9.17, 15) is 0 Å². The summed E-state index contributed by atoms with van der Waals surface area (Å²) in [4.78, 5) is 0. The molecule has 2 rings (SSSR count). The van der Waals surface area contributed by atoms with E-state index in [2.05, 4.69) is 50.4 Å². The zero-order valence-electron chi connectivity index (χ0n) is 10.0. The van der Waals surface area contributed by atoms with Crippen LogP contribution in [-0.4, -0.2) is 13.1 Å². The first-order valence-electron chi connectivity index (χ1n) is 5.84. The molecular weight excluding hydrogens is 182 g/mol. The summed E-state index contributed by atoms with van der Waals surface area (Å²) in [5.41, 5.74) is 3.27. The Morgan fingerprint density at radius 2 is 1.87 bits per heavy atom. The normalized spacial score (nSPS) is 25.1. The lowest BCUT2D eigenvalue weighted by Crippen LogP contribution is -2.40. The molecule has 1 nitrogen and oxygen atoms in total. The lowest BCUT2D eigenvalue weighted by molar-refractivity contribution is 0.240. The number of benzene rings is 1. The number of hydrogen-bond acceptors (Lipinski definition) is 1. The van der Waals surface area contributed by atoms with E-state index in [4.69, 9.17) is 0 Å². The maximum atomic E-state index is 3.54. The molecule has 1 N–H and O–H groups in total. The first kappa shape index (κ1) is 10.7. The summed E-state index contributed by atoms with van der Waals surface area (Å²) in [5.74, 6) is 0.689. The maximum absolute atomic E-state index is 3.54. The fourth-order valence-electron chi connectivity index (χ4n) is 2.47. The molecule has 1 aliphatic rings. The van der Waals surface area contributed by atoms with E-state index in [0.717, 1.165) is 13.1 Å². The molecule has 1 aromatic carbocycles. The highest BCUT2D eigenvalue weighted by Gasteiger charge is 2.28. The first-order valence-corrected chi connectivity index (χ1v) is 5.84.